The van der Waals surface area contributed by atoms with Crippen LogP contribution in [0.1, 0.15) is 5.56 Å². The first-order valence-electron chi connectivity index (χ1n) is 9.86. The van der Waals surface area contributed by atoms with Crippen LogP contribution in [0.15, 0.2) is 126 Å². The zero-order chi connectivity index (χ0) is 20.8. The number of rotatable bonds is 6. The van der Waals surface area contributed by atoms with Gasteiger partial charge in [-0.25, -0.2) is 0 Å². The lowest BCUT2D eigenvalue weighted by molar-refractivity contribution is 1.61. The maximum Gasteiger partial charge on any atom is 0.117 e. The van der Waals surface area contributed by atoms with E-state index in [-0.39, 0.29) is 0 Å². The highest BCUT2D eigenvalue weighted by atomic mass is 79.9. The van der Waals surface area contributed by atoms with Gasteiger partial charge in [0.2, 0.25) is 0 Å². The van der Waals surface area contributed by atoms with E-state index in [9.17, 15) is 0 Å². The van der Waals surface area contributed by atoms with Crippen molar-refractivity contribution in [2.75, 3.05) is 6.16 Å². The highest BCUT2D eigenvalue weighted by molar-refractivity contribution is 9.16. The summed E-state index contributed by atoms with van der Waals surface area (Å²) in [7, 11) is -1.92. The van der Waals surface area contributed by atoms with Crippen LogP contribution in [0.2, 0.25) is 0 Å². The van der Waals surface area contributed by atoms with Gasteiger partial charge in [0.1, 0.15) is 29.3 Å². The Bertz CT molecular complexity index is 1010. The van der Waals surface area contributed by atoms with E-state index >= 15 is 0 Å². The number of allylic oxidation sites excluding steroid dienone is 1. The van der Waals surface area contributed by atoms with Gasteiger partial charge < -0.3 is 0 Å². The molecular formula is C27H22Br2P+. The Kier molecular flexibility index (Phi) is 7.00. The van der Waals surface area contributed by atoms with Crippen LogP contribution in [0.5, 0.6) is 0 Å². The van der Waals surface area contributed by atoms with Crippen molar-refractivity contribution in [3.05, 3.63) is 131 Å². The quantitative estimate of drug-likeness (QED) is 0.230. The number of hydrogen-bond donors (Lipinski definition) is 0. The lowest BCUT2D eigenvalue weighted by atomic mass is 10.2. The first kappa shape index (κ1) is 21.2. The molecule has 0 spiro atoms. The summed E-state index contributed by atoms with van der Waals surface area (Å²) in [5, 5.41) is 4.15. The molecule has 0 N–H and O–H groups in total. The smallest absolute Gasteiger partial charge is 0.0622 e. The zero-order valence-electron chi connectivity index (χ0n) is 16.5. The Balaban J connectivity index is 1.96. The van der Waals surface area contributed by atoms with Gasteiger partial charge in [0.05, 0.1) is 0 Å². The van der Waals surface area contributed by atoms with Crippen LogP contribution in [0.3, 0.4) is 0 Å². The molecule has 3 heteroatoms. The number of hydrogen-bond acceptors (Lipinski definition) is 0. The third-order valence-corrected chi connectivity index (χ3v) is 12.1. The molecule has 30 heavy (non-hydrogen) atoms. The summed E-state index contributed by atoms with van der Waals surface area (Å²) in [6.45, 7) is 0. The molecule has 0 saturated carbocycles. The minimum absolute atomic E-state index is 0.903. The molecule has 0 radical (unpaired) electrons. The summed E-state index contributed by atoms with van der Waals surface area (Å²) >= 11 is 7.84. The fourth-order valence-corrected chi connectivity index (χ4v) is 9.83. The summed E-state index contributed by atoms with van der Waals surface area (Å²) in [6, 6.07) is 43.4. The van der Waals surface area contributed by atoms with Gasteiger partial charge >= 0.3 is 0 Å². The van der Waals surface area contributed by atoms with Gasteiger partial charge in [0.25, 0.3) is 0 Å². The molecule has 0 aliphatic heterocycles. The summed E-state index contributed by atoms with van der Waals surface area (Å²) < 4.78 is 2.29. The predicted molar refractivity (Wildman–Crippen MR) is 141 cm³/mol. The molecule has 0 fully saturated rings. The normalized spacial score (nSPS) is 12.3. The van der Waals surface area contributed by atoms with Crippen LogP contribution >= 0.6 is 39.1 Å². The van der Waals surface area contributed by atoms with Crippen molar-refractivity contribution in [1.29, 1.82) is 0 Å². The Morgan fingerprint density at radius 1 is 0.500 bits per heavy atom. The SMILES string of the molecule is Br/C(C[P+](c1ccccc1)(c1ccccc1)c1ccccc1)=C(/Br)c1ccccc1. The van der Waals surface area contributed by atoms with Crippen molar-refractivity contribution in [2.24, 2.45) is 0 Å². The molecule has 148 valence electrons. The average molecular weight is 537 g/mol. The number of benzene rings is 4. The molecule has 4 aromatic carbocycles. The lowest BCUT2D eigenvalue weighted by Gasteiger charge is -2.28. The molecule has 0 saturated heterocycles. The van der Waals surface area contributed by atoms with E-state index in [4.69, 9.17) is 0 Å². The van der Waals surface area contributed by atoms with E-state index in [0.29, 0.717) is 0 Å². The standard InChI is InChI=1S/C27H22Br2P/c28-26(27(29)22-13-5-1-6-14-22)21-30(23-15-7-2-8-16-23,24-17-9-3-10-18-24)25-19-11-4-12-20-25/h1-20H,21H2/q+1/b27-26+. The van der Waals surface area contributed by atoms with Crippen molar-refractivity contribution in [2.45, 2.75) is 0 Å². The second-order valence-electron chi connectivity index (χ2n) is 7.06. The van der Waals surface area contributed by atoms with Crippen LogP contribution in [-0.4, -0.2) is 6.16 Å². The first-order chi connectivity index (χ1) is 14.7. The molecule has 0 aliphatic carbocycles. The molecule has 4 rings (SSSR count). The maximum atomic E-state index is 3.97. The molecular weight excluding hydrogens is 515 g/mol. The van der Waals surface area contributed by atoms with Crippen molar-refractivity contribution in [3.63, 3.8) is 0 Å². The van der Waals surface area contributed by atoms with Crippen molar-refractivity contribution >= 4 is 59.5 Å². The van der Waals surface area contributed by atoms with Gasteiger partial charge in [0, 0.05) is 8.96 Å². The topological polar surface area (TPSA) is 0 Å². The molecule has 0 nitrogen and oxygen atoms in total. The highest BCUT2D eigenvalue weighted by Gasteiger charge is 2.46. The van der Waals surface area contributed by atoms with E-state index in [2.05, 4.69) is 147 Å². The third kappa shape index (κ3) is 4.37. The lowest BCUT2D eigenvalue weighted by Crippen LogP contribution is -2.33. The minimum atomic E-state index is -1.92. The Labute approximate surface area is 196 Å². The molecule has 0 heterocycles. The second-order valence-corrected chi connectivity index (χ2v) is 12.3. The van der Waals surface area contributed by atoms with E-state index in [1.165, 1.54) is 26.0 Å². The van der Waals surface area contributed by atoms with Crippen molar-refractivity contribution in [3.8, 4) is 0 Å². The monoisotopic (exact) mass is 535 g/mol. The van der Waals surface area contributed by atoms with Crippen LogP contribution in [0.25, 0.3) is 4.48 Å². The van der Waals surface area contributed by atoms with Gasteiger partial charge in [-0.3, -0.25) is 0 Å². The number of halogens is 2. The highest BCUT2D eigenvalue weighted by Crippen LogP contribution is 2.58. The largest absolute Gasteiger partial charge is 0.117 e. The van der Waals surface area contributed by atoms with Crippen LogP contribution in [0, 0.1) is 0 Å². The maximum absolute atomic E-state index is 3.97. The van der Waals surface area contributed by atoms with Gasteiger partial charge in [-0.05, 0) is 57.9 Å². The zero-order valence-corrected chi connectivity index (χ0v) is 20.5. The Morgan fingerprint density at radius 2 is 0.833 bits per heavy atom. The molecule has 0 amide bonds. The van der Waals surface area contributed by atoms with Gasteiger partial charge in [-0.1, -0.05) is 101 Å². The van der Waals surface area contributed by atoms with E-state index < -0.39 is 7.26 Å². The molecule has 0 atom stereocenters. The van der Waals surface area contributed by atoms with Crippen LogP contribution in [0.4, 0.5) is 0 Å². The summed E-state index contributed by atoms with van der Waals surface area (Å²) in [5.74, 6) is 0. The van der Waals surface area contributed by atoms with Gasteiger partial charge in [0.15, 0.2) is 0 Å². The van der Waals surface area contributed by atoms with Crippen LogP contribution in [-0.2, 0) is 0 Å². The van der Waals surface area contributed by atoms with Crippen molar-refractivity contribution in [1.82, 2.24) is 0 Å². The third-order valence-electron chi connectivity index (χ3n) is 5.23. The second kappa shape index (κ2) is 9.88. The van der Waals surface area contributed by atoms with Crippen LogP contribution < -0.4 is 15.9 Å². The van der Waals surface area contributed by atoms with E-state index in [0.717, 1.165) is 10.6 Å². The van der Waals surface area contributed by atoms with E-state index in [1.54, 1.807) is 0 Å². The molecule has 0 aliphatic rings. The Morgan fingerprint density at radius 3 is 1.20 bits per heavy atom. The molecule has 4 aromatic rings. The summed E-state index contributed by atoms with van der Waals surface area (Å²) in [6.07, 6.45) is 0.903. The van der Waals surface area contributed by atoms with E-state index in [1.807, 2.05) is 6.07 Å². The minimum Gasteiger partial charge on any atom is -0.0622 e. The van der Waals surface area contributed by atoms with Crippen molar-refractivity contribution < 1.29 is 0 Å². The summed E-state index contributed by atoms with van der Waals surface area (Å²) in [5.41, 5.74) is 1.18. The summed E-state index contributed by atoms with van der Waals surface area (Å²) in [4.78, 5) is 0. The average Bonchev–Trinajstić information content (AvgIpc) is 2.84. The van der Waals surface area contributed by atoms with Gasteiger partial charge in [-0.15, -0.1) is 0 Å². The molecule has 0 aromatic heterocycles. The predicted octanol–water partition coefficient (Wildman–Crippen LogP) is 7.14. The van der Waals surface area contributed by atoms with Gasteiger partial charge in [-0.2, -0.15) is 0 Å². The molecule has 0 unspecified atom stereocenters. The fraction of sp³-hybridized carbons (Fsp3) is 0.0370. The first-order valence-corrected chi connectivity index (χ1v) is 13.4. The fourth-order valence-electron chi connectivity index (χ4n) is 3.79. The molecule has 0 bridgehead atoms. The Hall–Kier alpha value is -1.99.